The number of H-pyrrole nitrogens is 1. The van der Waals surface area contributed by atoms with Crippen LogP contribution in [-0.2, 0) is 0 Å². The molecule has 0 aliphatic heterocycles. The number of hydrogen-bond acceptors (Lipinski definition) is 1. The van der Waals surface area contributed by atoms with Crippen molar-refractivity contribution >= 4 is 16.6 Å². The SMILES string of the molecule is Cc1cc(N)c2ccccc2[nH+]1. The van der Waals surface area contributed by atoms with Gasteiger partial charge in [0, 0.05) is 19.1 Å². The number of anilines is 1. The topological polar surface area (TPSA) is 40.2 Å². The number of benzene rings is 1. The Morgan fingerprint density at radius 3 is 2.83 bits per heavy atom. The van der Waals surface area contributed by atoms with Crippen LogP contribution in [0.4, 0.5) is 5.69 Å². The molecule has 0 bridgehead atoms. The largest absolute Gasteiger partial charge is 0.398 e. The zero-order chi connectivity index (χ0) is 8.55. The van der Waals surface area contributed by atoms with Crippen molar-refractivity contribution in [3.05, 3.63) is 36.0 Å². The number of aromatic amines is 1. The van der Waals surface area contributed by atoms with E-state index >= 15 is 0 Å². The van der Waals surface area contributed by atoms with Gasteiger partial charge < -0.3 is 5.73 Å². The third-order valence-corrected chi connectivity index (χ3v) is 1.94. The summed E-state index contributed by atoms with van der Waals surface area (Å²) in [4.78, 5) is 3.25. The lowest BCUT2D eigenvalue weighted by molar-refractivity contribution is -0.354. The highest BCUT2D eigenvalue weighted by Crippen LogP contribution is 2.16. The fourth-order valence-corrected chi connectivity index (χ4v) is 1.40. The van der Waals surface area contributed by atoms with Crippen molar-refractivity contribution in [2.24, 2.45) is 0 Å². The summed E-state index contributed by atoms with van der Waals surface area (Å²) in [6.07, 6.45) is 0. The Hall–Kier alpha value is -1.57. The number of para-hydroxylation sites is 1. The molecular weight excluding hydrogens is 148 g/mol. The number of nitrogens with two attached hydrogens (primary N) is 1. The summed E-state index contributed by atoms with van der Waals surface area (Å²) in [7, 11) is 0. The lowest BCUT2D eigenvalue weighted by Gasteiger charge is -1.96. The minimum absolute atomic E-state index is 0.835. The van der Waals surface area contributed by atoms with E-state index in [1.165, 1.54) is 0 Å². The van der Waals surface area contributed by atoms with Gasteiger partial charge in [-0.1, -0.05) is 12.1 Å². The number of fused-ring (bicyclic) bond motifs is 1. The van der Waals surface area contributed by atoms with Gasteiger partial charge in [0.1, 0.15) is 0 Å². The van der Waals surface area contributed by atoms with Crippen LogP contribution in [0, 0.1) is 6.92 Å². The van der Waals surface area contributed by atoms with Crippen molar-refractivity contribution in [2.45, 2.75) is 6.92 Å². The average Bonchev–Trinajstić information content (AvgIpc) is 2.04. The van der Waals surface area contributed by atoms with Crippen LogP contribution in [0.25, 0.3) is 10.9 Å². The van der Waals surface area contributed by atoms with Gasteiger partial charge in [0.15, 0.2) is 5.69 Å². The second-order valence-corrected chi connectivity index (χ2v) is 2.95. The first-order chi connectivity index (χ1) is 5.77. The van der Waals surface area contributed by atoms with Crippen LogP contribution in [0.3, 0.4) is 0 Å². The minimum Gasteiger partial charge on any atom is -0.398 e. The maximum atomic E-state index is 5.84. The molecule has 0 saturated heterocycles. The van der Waals surface area contributed by atoms with E-state index in [1.54, 1.807) is 0 Å². The summed E-state index contributed by atoms with van der Waals surface area (Å²) in [5.74, 6) is 0. The molecule has 0 spiro atoms. The lowest BCUT2D eigenvalue weighted by atomic mass is 10.2. The summed E-state index contributed by atoms with van der Waals surface area (Å²) < 4.78 is 0. The monoisotopic (exact) mass is 159 g/mol. The Labute approximate surface area is 71.0 Å². The van der Waals surface area contributed by atoms with Crippen LogP contribution in [0.2, 0.25) is 0 Å². The molecule has 2 rings (SSSR count). The molecule has 1 heterocycles. The first kappa shape index (κ1) is 7.10. The molecular formula is C10H11N2+. The number of aromatic nitrogens is 1. The second kappa shape index (κ2) is 2.48. The molecule has 1 aromatic carbocycles. The Morgan fingerprint density at radius 2 is 2.00 bits per heavy atom. The molecule has 0 atom stereocenters. The van der Waals surface area contributed by atoms with Crippen LogP contribution in [0.1, 0.15) is 5.69 Å². The molecule has 0 aliphatic rings. The van der Waals surface area contributed by atoms with Crippen molar-refractivity contribution < 1.29 is 4.98 Å². The molecule has 60 valence electrons. The number of hydrogen-bond donors (Lipinski definition) is 1. The molecule has 0 unspecified atom stereocenters. The molecule has 0 amide bonds. The van der Waals surface area contributed by atoms with E-state index in [2.05, 4.69) is 4.98 Å². The predicted molar refractivity (Wildman–Crippen MR) is 49.7 cm³/mol. The quantitative estimate of drug-likeness (QED) is 0.622. The molecule has 3 N–H and O–H groups in total. The normalized spacial score (nSPS) is 10.4. The highest BCUT2D eigenvalue weighted by Gasteiger charge is 2.04. The first-order valence-corrected chi connectivity index (χ1v) is 3.94. The Morgan fingerprint density at radius 1 is 1.25 bits per heavy atom. The third-order valence-electron chi connectivity index (χ3n) is 1.94. The zero-order valence-electron chi connectivity index (χ0n) is 6.96. The lowest BCUT2D eigenvalue weighted by Crippen LogP contribution is -2.09. The molecule has 2 nitrogen and oxygen atoms in total. The zero-order valence-corrected chi connectivity index (χ0v) is 6.96. The molecule has 2 heteroatoms. The van der Waals surface area contributed by atoms with E-state index < -0.39 is 0 Å². The second-order valence-electron chi connectivity index (χ2n) is 2.95. The van der Waals surface area contributed by atoms with Gasteiger partial charge in [-0.05, 0) is 6.07 Å². The van der Waals surface area contributed by atoms with Gasteiger partial charge >= 0.3 is 0 Å². The molecule has 1 aromatic heterocycles. The number of nitrogens with one attached hydrogen (secondary N) is 1. The summed E-state index contributed by atoms with van der Waals surface area (Å²) in [5.41, 5.74) is 8.85. The molecule has 2 aromatic rings. The molecule has 0 saturated carbocycles. The fourth-order valence-electron chi connectivity index (χ4n) is 1.40. The van der Waals surface area contributed by atoms with Crippen LogP contribution in [0.5, 0.6) is 0 Å². The van der Waals surface area contributed by atoms with E-state index in [0.29, 0.717) is 0 Å². The highest BCUT2D eigenvalue weighted by molar-refractivity contribution is 5.87. The van der Waals surface area contributed by atoms with Crippen LogP contribution in [-0.4, -0.2) is 0 Å². The van der Waals surface area contributed by atoms with Gasteiger partial charge in [-0.15, -0.1) is 0 Å². The van der Waals surface area contributed by atoms with Crippen molar-refractivity contribution in [3.63, 3.8) is 0 Å². The van der Waals surface area contributed by atoms with Crippen LogP contribution >= 0.6 is 0 Å². The van der Waals surface area contributed by atoms with E-state index in [0.717, 1.165) is 22.3 Å². The average molecular weight is 159 g/mol. The highest BCUT2D eigenvalue weighted by atomic mass is 14.7. The van der Waals surface area contributed by atoms with E-state index in [9.17, 15) is 0 Å². The van der Waals surface area contributed by atoms with Crippen molar-refractivity contribution in [1.29, 1.82) is 0 Å². The van der Waals surface area contributed by atoms with Crippen LogP contribution < -0.4 is 10.7 Å². The van der Waals surface area contributed by atoms with Gasteiger partial charge in [0.25, 0.3) is 0 Å². The Balaban J connectivity index is 2.89. The Kier molecular flexibility index (Phi) is 1.47. The van der Waals surface area contributed by atoms with Crippen LogP contribution in [0.15, 0.2) is 30.3 Å². The first-order valence-electron chi connectivity index (χ1n) is 3.94. The predicted octanol–water partition coefficient (Wildman–Crippen LogP) is 1.54. The number of nitrogen functional groups attached to an aromatic ring is 1. The van der Waals surface area contributed by atoms with E-state index in [4.69, 9.17) is 5.73 Å². The van der Waals surface area contributed by atoms with Crippen molar-refractivity contribution in [1.82, 2.24) is 0 Å². The number of rotatable bonds is 0. The number of pyridine rings is 1. The number of aryl methyl sites for hydroxylation is 1. The van der Waals surface area contributed by atoms with Gasteiger partial charge in [-0.25, -0.2) is 4.98 Å². The fraction of sp³-hybridized carbons (Fsp3) is 0.100. The van der Waals surface area contributed by atoms with Crippen molar-refractivity contribution in [2.75, 3.05) is 5.73 Å². The van der Waals surface area contributed by atoms with E-state index in [-0.39, 0.29) is 0 Å². The molecule has 12 heavy (non-hydrogen) atoms. The maximum absolute atomic E-state index is 5.84. The maximum Gasteiger partial charge on any atom is 0.213 e. The smallest absolute Gasteiger partial charge is 0.213 e. The summed E-state index contributed by atoms with van der Waals surface area (Å²) in [6.45, 7) is 2.00. The summed E-state index contributed by atoms with van der Waals surface area (Å²) in [6, 6.07) is 9.97. The van der Waals surface area contributed by atoms with Gasteiger partial charge in [-0.2, -0.15) is 0 Å². The standard InChI is InChI=1S/C10H10N2/c1-7-6-9(11)8-4-2-3-5-10(8)12-7/h2-6H,1H3,(H2,11,12)/p+1. The third kappa shape index (κ3) is 1.01. The Bertz CT molecular complexity index is 421. The van der Waals surface area contributed by atoms with Gasteiger partial charge in [0.05, 0.1) is 11.1 Å². The van der Waals surface area contributed by atoms with Crippen molar-refractivity contribution in [3.8, 4) is 0 Å². The summed E-state index contributed by atoms with van der Waals surface area (Å²) in [5, 5.41) is 1.09. The van der Waals surface area contributed by atoms with E-state index in [1.807, 2.05) is 37.3 Å². The summed E-state index contributed by atoms with van der Waals surface area (Å²) >= 11 is 0. The molecule has 0 fully saturated rings. The minimum atomic E-state index is 0.835. The van der Waals surface area contributed by atoms with Gasteiger partial charge in [0.2, 0.25) is 5.52 Å². The van der Waals surface area contributed by atoms with Gasteiger partial charge in [-0.3, -0.25) is 0 Å². The molecule has 0 aliphatic carbocycles. The molecule has 0 radical (unpaired) electrons.